The number of aromatic nitrogens is 4. The molecule has 9 nitrogen and oxygen atoms in total. The van der Waals surface area contributed by atoms with E-state index in [0.29, 0.717) is 17.0 Å². The molecule has 0 aliphatic heterocycles. The molecule has 0 aliphatic carbocycles. The summed E-state index contributed by atoms with van der Waals surface area (Å²) in [7, 11) is -0.374. The van der Waals surface area contributed by atoms with E-state index in [4.69, 9.17) is 0 Å². The number of hydrogen-bond acceptors (Lipinski definition) is 6. The standard InChI is InChI=1S/C25H22F3N5O4S/c1-31(15-18-7-8-20(13-29-18)38(3,36)37)23(34)21-11-16(22-9-10-30-32(22)2)14-33(24(21)35)19-6-4-5-17(12-19)25(26,27)28/h4-14H,15H2,1-3H3. The molecule has 13 heteroatoms. The van der Waals surface area contributed by atoms with Gasteiger partial charge in [0.25, 0.3) is 11.5 Å². The van der Waals surface area contributed by atoms with Gasteiger partial charge in [-0.25, -0.2) is 8.42 Å². The average Bonchev–Trinajstić information content (AvgIpc) is 3.29. The van der Waals surface area contributed by atoms with Crippen molar-refractivity contribution in [3.05, 3.63) is 94.3 Å². The van der Waals surface area contributed by atoms with Gasteiger partial charge in [-0.3, -0.25) is 23.8 Å². The van der Waals surface area contributed by atoms with Crippen molar-refractivity contribution in [1.82, 2.24) is 24.2 Å². The summed E-state index contributed by atoms with van der Waals surface area (Å²) in [5, 5.41) is 4.09. The largest absolute Gasteiger partial charge is 0.416 e. The summed E-state index contributed by atoms with van der Waals surface area (Å²) in [6.07, 6.45) is 0.458. The van der Waals surface area contributed by atoms with Crippen molar-refractivity contribution in [3.8, 4) is 16.9 Å². The molecular formula is C25H22F3N5O4S. The van der Waals surface area contributed by atoms with Crippen LogP contribution >= 0.6 is 0 Å². The molecule has 0 saturated carbocycles. The van der Waals surface area contributed by atoms with Crippen LogP contribution in [-0.2, 0) is 29.6 Å². The highest BCUT2D eigenvalue weighted by molar-refractivity contribution is 7.90. The minimum Gasteiger partial charge on any atom is -0.336 e. The predicted octanol–water partition coefficient (Wildman–Crippen LogP) is 3.33. The van der Waals surface area contributed by atoms with Gasteiger partial charge in [0.2, 0.25) is 0 Å². The Hall–Kier alpha value is -4.26. The lowest BCUT2D eigenvalue weighted by molar-refractivity contribution is -0.137. The minimum absolute atomic E-state index is 0.0167. The monoisotopic (exact) mass is 545 g/mol. The maximum absolute atomic E-state index is 13.4. The molecule has 0 radical (unpaired) electrons. The summed E-state index contributed by atoms with van der Waals surface area (Å²) < 4.78 is 65.9. The maximum atomic E-state index is 13.4. The molecule has 0 saturated heterocycles. The van der Waals surface area contributed by atoms with Crippen molar-refractivity contribution in [2.45, 2.75) is 17.6 Å². The van der Waals surface area contributed by atoms with Crippen LogP contribution in [0.2, 0.25) is 0 Å². The Balaban J connectivity index is 1.78. The van der Waals surface area contributed by atoms with Crippen LogP contribution in [0.1, 0.15) is 21.6 Å². The van der Waals surface area contributed by atoms with Crippen molar-refractivity contribution >= 4 is 15.7 Å². The number of amides is 1. The van der Waals surface area contributed by atoms with Gasteiger partial charge < -0.3 is 4.90 Å². The Kier molecular flexibility index (Phi) is 6.98. The molecule has 0 aliphatic rings. The molecule has 4 aromatic rings. The molecule has 0 fully saturated rings. The first-order chi connectivity index (χ1) is 17.8. The third kappa shape index (κ3) is 5.52. The van der Waals surface area contributed by atoms with Gasteiger partial charge in [0, 0.05) is 50.2 Å². The lowest BCUT2D eigenvalue weighted by Gasteiger charge is -2.19. The van der Waals surface area contributed by atoms with Crippen molar-refractivity contribution in [3.63, 3.8) is 0 Å². The molecule has 4 rings (SSSR count). The molecule has 0 unspecified atom stereocenters. The molecule has 198 valence electrons. The molecule has 0 N–H and O–H groups in total. The van der Waals surface area contributed by atoms with Crippen LogP contribution in [0.15, 0.2) is 76.8 Å². The van der Waals surface area contributed by atoms with Gasteiger partial charge >= 0.3 is 6.18 Å². The number of rotatable bonds is 6. The van der Waals surface area contributed by atoms with E-state index >= 15 is 0 Å². The Morgan fingerprint density at radius 1 is 1.11 bits per heavy atom. The first kappa shape index (κ1) is 26.8. The fourth-order valence-electron chi connectivity index (χ4n) is 3.80. The number of alkyl halides is 3. The van der Waals surface area contributed by atoms with Crippen molar-refractivity contribution in [1.29, 1.82) is 0 Å². The second kappa shape index (κ2) is 9.89. The Bertz CT molecular complexity index is 1680. The minimum atomic E-state index is -4.63. The zero-order valence-electron chi connectivity index (χ0n) is 20.5. The van der Waals surface area contributed by atoms with Crippen LogP contribution in [0.25, 0.3) is 16.9 Å². The second-order valence-corrected chi connectivity index (χ2v) is 10.6. The fraction of sp³-hybridized carbons (Fsp3) is 0.200. The normalized spacial score (nSPS) is 11.9. The van der Waals surface area contributed by atoms with E-state index in [1.54, 1.807) is 13.1 Å². The number of nitrogens with zero attached hydrogens (tertiary/aromatic N) is 5. The van der Waals surface area contributed by atoms with E-state index in [0.717, 1.165) is 23.0 Å². The molecule has 3 aromatic heterocycles. The van der Waals surface area contributed by atoms with Crippen LogP contribution < -0.4 is 5.56 Å². The molecule has 0 bridgehead atoms. The van der Waals surface area contributed by atoms with Gasteiger partial charge in [0.1, 0.15) is 5.56 Å². The van der Waals surface area contributed by atoms with E-state index < -0.39 is 33.0 Å². The first-order valence-electron chi connectivity index (χ1n) is 11.1. The quantitative estimate of drug-likeness (QED) is 0.368. The van der Waals surface area contributed by atoms with Gasteiger partial charge in [-0.15, -0.1) is 0 Å². The lowest BCUT2D eigenvalue weighted by atomic mass is 10.1. The van der Waals surface area contributed by atoms with Crippen molar-refractivity contribution < 1.29 is 26.4 Å². The molecular weight excluding hydrogens is 523 g/mol. The summed E-state index contributed by atoms with van der Waals surface area (Å²) in [5.41, 5.74) is -0.821. The first-order valence-corrected chi connectivity index (χ1v) is 13.0. The van der Waals surface area contributed by atoms with E-state index in [9.17, 15) is 31.2 Å². The smallest absolute Gasteiger partial charge is 0.336 e. The van der Waals surface area contributed by atoms with Crippen LogP contribution in [0, 0.1) is 0 Å². The van der Waals surface area contributed by atoms with Gasteiger partial charge in [-0.05, 0) is 42.5 Å². The second-order valence-electron chi connectivity index (χ2n) is 8.62. The third-order valence-electron chi connectivity index (χ3n) is 5.79. The molecule has 0 spiro atoms. The van der Waals surface area contributed by atoms with Gasteiger partial charge in [0.05, 0.1) is 28.4 Å². The van der Waals surface area contributed by atoms with Gasteiger partial charge in [0.15, 0.2) is 9.84 Å². The van der Waals surface area contributed by atoms with Crippen molar-refractivity contribution in [2.75, 3.05) is 13.3 Å². The number of carbonyl (C=O) groups excluding carboxylic acids is 1. The Morgan fingerprint density at radius 2 is 1.84 bits per heavy atom. The van der Waals surface area contributed by atoms with Crippen LogP contribution in [0.3, 0.4) is 0 Å². The fourth-order valence-corrected chi connectivity index (χ4v) is 4.36. The van der Waals surface area contributed by atoms with Gasteiger partial charge in [-0.2, -0.15) is 18.3 Å². The topological polar surface area (TPSA) is 107 Å². The lowest BCUT2D eigenvalue weighted by Crippen LogP contribution is -2.34. The van der Waals surface area contributed by atoms with E-state index in [1.807, 2.05) is 0 Å². The number of carbonyl (C=O) groups is 1. The summed E-state index contributed by atoms with van der Waals surface area (Å²) in [5.74, 6) is -0.700. The number of benzene rings is 1. The number of hydrogen-bond donors (Lipinski definition) is 0. The SMILES string of the molecule is CN(Cc1ccc(S(C)(=O)=O)cn1)C(=O)c1cc(-c2ccnn2C)cn(-c2cccc(C(F)(F)F)c2)c1=O. The summed E-state index contributed by atoms with van der Waals surface area (Å²) in [6, 6.07) is 10.1. The number of sulfone groups is 1. The Morgan fingerprint density at radius 3 is 2.42 bits per heavy atom. The molecule has 0 atom stereocenters. The number of aryl methyl sites for hydroxylation is 1. The third-order valence-corrected chi connectivity index (χ3v) is 6.89. The highest BCUT2D eigenvalue weighted by Gasteiger charge is 2.31. The highest BCUT2D eigenvalue weighted by Crippen LogP contribution is 2.30. The van der Waals surface area contributed by atoms with Gasteiger partial charge in [-0.1, -0.05) is 6.07 Å². The highest BCUT2D eigenvalue weighted by atomic mass is 32.2. The molecule has 38 heavy (non-hydrogen) atoms. The van der Waals surface area contributed by atoms with Crippen LogP contribution in [0.4, 0.5) is 13.2 Å². The van der Waals surface area contributed by atoms with E-state index in [1.165, 1.54) is 65.6 Å². The van der Waals surface area contributed by atoms with E-state index in [-0.39, 0.29) is 22.7 Å². The van der Waals surface area contributed by atoms with E-state index in [2.05, 4.69) is 10.1 Å². The zero-order chi connectivity index (χ0) is 27.8. The summed E-state index contributed by atoms with van der Waals surface area (Å²) in [4.78, 5) is 32.1. The average molecular weight is 546 g/mol. The predicted molar refractivity (Wildman–Crippen MR) is 132 cm³/mol. The number of halogens is 3. The molecule has 1 aromatic carbocycles. The van der Waals surface area contributed by atoms with Crippen molar-refractivity contribution in [2.24, 2.45) is 7.05 Å². The summed E-state index contributed by atoms with van der Waals surface area (Å²) >= 11 is 0. The van der Waals surface area contributed by atoms with Crippen LogP contribution in [-0.4, -0.2) is 51.9 Å². The molecule has 1 amide bonds. The van der Waals surface area contributed by atoms with Crippen LogP contribution in [0.5, 0.6) is 0 Å². The number of pyridine rings is 2. The zero-order valence-corrected chi connectivity index (χ0v) is 21.3. The maximum Gasteiger partial charge on any atom is 0.416 e. The molecule has 3 heterocycles. The Labute approximate surface area is 215 Å². The summed E-state index contributed by atoms with van der Waals surface area (Å²) in [6.45, 7) is -0.0538.